The molecule has 0 saturated carbocycles. The molecule has 0 aliphatic heterocycles. The van der Waals surface area contributed by atoms with Gasteiger partial charge in [-0.05, 0) is 45.3 Å². The molecule has 0 aliphatic rings. The number of esters is 1. The average Bonchev–Trinajstić information content (AvgIpc) is 2.67. The van der Waals surface area contributed by atoms with E-state index in [9.17, 15) is 9.18 Å². The Morgan fingerprint density at radius 1 is 1.31 bits per heavy atom. The van der Waals surface area contributed by atoms with Crippen LogP contribution in [0.1, 0.15) is 16.7 Å². The van der Waals surface area contributed by atoms with E-state index in [1.165, 1.54) is 7.11 Å². The summed E-state index contributed by atoms with van der Waals surface area (Å²) in [7, 11) is 1.23. The number of methoxy groups -OCH3 is 1. The van der Waals surface area contributed by atoms with Gasteiger partial charge in [-0.15, -0.1) is 0 Å². The second-order valence-corrected chi connectivity index (χ2v) is 5.86. The first-order chi connectivity index (χ1) is 12.6. The molecule has 0 heterocycles. The summed E-state index contributed by atoms with van der Waals surface area (Å²) in [6.07, 6.45) is 1.03. The Bertz CT molecular complexity index is 861. The molecule has 0 spiro atoms. The quantitative estimate of drug-likeness (QED) is 0.378. The highest BCUT2D eigenvalue weighted by Crippen LogP contribution is 2.28. The van der Waals surface area contributed by atoms with Crippen LogP contribution in [0, 0.1) is 11.3 Å². The number of hydrogen-bond acceptors (Lipinski definition) is 5. The van der Waals surface area contributed by atoms with Crippen LogP contribution in [0.15, 0.2) is 53.2 Å². The first kappa shape index (κ1) is 19.5. The molecule has 26 heavy (non-hydrogen) atoms. The zero-order chi connectivity index (χ0) is 18.9. The van der Waals surface area contributed by atoms with Gasteiger partial charge in [-0.2, -0.15) is 5.26 Å². The molecule has 0 amide bonds. The summed E-state index contributed by atoms with van der Waals surface area (Å²) in [5.41, 5.74) is 1.78. The SMILES string of the molecule is COC(=O)/C(=C/OCF)c1ccccc1COc1ccc(C#N)cc1Br. The number of benzene rings is 2. The number of hydrogen-bond donors (Lipinski definition) is 0. The van der Waals surface area contributed by atoms with Gasteiger partial charge in [0.05, 0.1) is 23.2 Å². The zero-order valence-corrected chi connectivity index (χ0v) is 15.5. The lowest BCUT2D eigenvalue weighted by atomic mass is 10.0. The molecule has 0 N–H and O–H groups in total. The molecule has 0 unspecified atom stereocenters. The molecule has 2 aromatic carbocycles. The predicted molar refractivity (Wildman–Crippen MR) is 96.7 cm³/mol. The molecule has 5 nitrogen and oxygen atoms in total. The van der Waals surface area contributed by atoms with Crippen LogP contribution >= 0.6 is 15.9 Å². The largest absolute Gasteiger partial charge is 0.488 e. The summed E-state index contributed by atoms with van der Waals surface area (Å²) in [6.45, 7) is -0.915. The molecule has 7 heteroatoms. The van der Waals surface area contributed by atoms with Crippen molar-refractivity contribution in [3.63, 3.8) is 0 Å². The molecular formula is C19H15BrFNO4. The minimum atomic E-state index is -1.06. The van der Waals surface area contributed by atoms with Crippen molar-refractivity contribution >= 4 is 27.5 Å². The highest BCUT2D eigenvalue weighted by Gasteiger charge is 2.17. The lowest BCUT2D eigenvalue weighted by Crippen LogP contribution is -2.08. The van der Waals surface area contributed by atoms with Gasteiger partial charge in [0, 0.05) is 0 Å². The van der Waals surface area contributed by atoms with E-state index < -0.39 is 12.8 Å². The number of nitriles is 1. The summed E-state index contributed by atoms with van der Waals surface area (Å²) in [5.74, 6) is -0.104. The Hall–Kier alpha value is -2.85. The second-order valence-electron chi connectivity index (χ2n) is 5.00. The van der Waals surface area contributed by atoms with Crippen LogP contribution in [-0.2, 0) is 20.9 Å². The molecule has 0 radical (unpaired) electrons. The predicted octanol–water partition coefficient (Wildman–Crippen LogP) is 4.36. The minimum absolute atomic E-state index is 0.0863. The number of nitrogens with zero attached hydrogens (tertiary/aromatic N) is 1. The number of carbonyl (C=O) groups excluding carboxylic acids is 1. The Balaban J connectivity index is 2.28. The number of halogens is 2. The number of rotatable bonds is 7. The fourth-order valence-corrected chi connectivity index (χ4v) is 2.69. The van der Waals surface area contributed by atoms with Crippen molar-refractivity contribution in [2.75, 3.05) is 14.0 Å². The van der Waals surface area contributed by atoms with E-state index >= 15 is 0 Å². The summed E-state index contributed by atoms with van der Waals surface area (Å²) in [5, 5.41) is 8.90. The fourth-order valence-electron chi connectivity index (χ4n) is 2.20. The third-order valence-electron chi connectivity index (χ3n) is 3.42. The molecule has 0 fully saturated rings. The maximum atomic E-state index is 12.3. The number of alkyl halides is 1. The molecule has 2 rings (SSSR count). The maximum absolute atomic E-state index is 12.3. The molecular weight excluding hydrogens is 405 g/mol. The summed E-state index contributed by atoms with van der Waals surface area (Å²) in [4.78, 5) is 12.0. The first-order valence-electron chi connectivity index (χ1n) is 7.47. The van der Waals surface area contributed by atoms with Crippen molar-refractivity contribution in [1.82, 2.24) is 0 Å². The highest BCUT2D eigenvalue weighted by atomic mass is 79.9. The van der Waals surface area contributed by atoms with Crippen molar-refractivity contribution in [2.24, 2.45) is 0 Å². The van der Waals surface area contributed by atoms with Gasteiger partial charge in [-0.1, -0.05) is 24.3 Å². The van der Waals surface area contributed by atoms with Crippen LogP contribution in [0.3, 0.4) is 0 Å². The van der Waals surface area contributed by atoms with Gasteiger partial charge in [0.2, 0.25) is 6.86 Å². The smallest absolute Gasteiger partial charge is 0.341 e. The second kappa shape index (κ2) is 9.59. The van der Waals surface area contributed by atoms with E-state index in [0.29, 0.717) is 26.9 Å². The van der Waals surface area contributed by atoms with E-state index in [1.807, 2.05) is 6.07 Å². The molecule has 134 valence electrons. The summed E-state index contributed by atoms with van der Waals surface area (Å²) in [6, 6.07) is 14.0. The third-order valence-corrected chi connectivity index (χ3v) is 4.04. The van der Waals surface area contributed by atoms with Crippen molar-refractivity contribution in [3.8, 4) is 11.8 Å². The molecule has 0 atom stereocenters. The van der Waals surface area contributed by atoms with Crippen LogP contribution in [0.5, 0.6) is 5.75 Å². The molecule has 0 saturated heterocycles. The van der Waals surface area contributed by atoms with Crippen LogP contribution < -0.4 is 4.74 Å². The topological polar surface area (TPSA) is 68.6 Å². The lowest BCUT2D eigenvalue weighted by Gasteiger charge is -2.13. The van der Waals surface area contributed by atoms with Gasteiger partial charge in [0.1, 0.15) is 24.2 Å². The highest BCUT2D eigenvalue weighted by molar-refractivity contribution is 9.10. The van der Waals surface area contributed by atoms with E-state index in [4.69, 9.17) is 14.7 Å². The molecule has 0 bridgehead atoms. The first-order valence-corrected chi connectivity index (χ1v) is 8.26. The van der Waals surface area contributed by atoms with Crippen LogP contribution in [0.25, 0.3) is 5.57 Å². The van der Waals surface area contributed by atoms with E-state index in [0.717, 1.165) is 6.26 Å². The minimum Gasteiger partial charge on any atom is -0.488 e. The van der Waals surface area contributed by atoms with E-state index in [2.05, 4.69) is 20.7 Å². The van der Waals surface area contributed by atoms with Gasteiger partial charge >= 0.3 is 5.97 Å². The van der Waals surface area contributed by atoms with Crippen LogP contribution in [0.4, 0.5) is 4.39 Å². The van der Waals surface area contributed by atoms with Crippen molar-refractivity contribution in [1.29, 1.82) is 5.26 Å². The molecule has 2 aromatic rings. The fraction of sp³-hybridized carbons (Fsp3) is 0.158. The van der Waals surface area contributed by atoms with Crippen LogP contribution in [0.2, 0.25) is 0 Å². The summed E-state index contributed by atoms with van der Waals surface area (Å²) >= 11 is 3.35. The normalized spacial score (nSPS) is 10.8. The average molecular weight is 420 g/mol. The van der Waals surface area contributed by atoms with Gasteiger partial charge in [0.25, 0.3) is 0 Å². The Morgan fingerprint density at radius 3 is 2.73 bits per heavy atom. The van der Waals surface area contributed by atoms with Gasteiger partial charge < -0.3 is 14.2 Å². The monoisotopic (exact) mass is 419 g/mol. The van der Waals surface area contributed by atoms with Gasteiger partial charge in [-0.25, -0.2) is 9.18 Å². The van der Waals surface area contributed by atoms with Crippen molar-refractivity contribution in [2.45, 2.75) is 6.61 Å². The third kappa shape index (κ3) is 4.83. The zero-order valence-electron chi connectivity index (χ0n) is 13.9. The Morgan fingerprint density at radius 2 is 2.08 bits per heavy atom. The standard InChI is InChI=1S/C19H15BrFNO4/c1-24-19(23)16(11-25-12-21)15-5-3-2-4-14(15)10-26-18-7-6-13(9-22)8-17(18)20/h2-8,11H,10,12H2,1H3/b16-11+. The van der Waals surface area contributed by atoms with Crippen LogP contribution in [-0.4, -0.2) is 19.9 Å². The Labute approximate surface area is 158 Å². The van der Waals surface area contributed by atoms with Crippen molar-refractivity contribution in [3.05, 3.63) is 69.9 Å². The Kier molecular flexibility index (Phi) is 7.18. The van der Waals surface area contributed by atoms with Gasteiger partial charge in [-0.3, -0.25) is 0 Å². The van der Waals surface area contributed by atoms with Gasteiger partial charge in [0.15, 0.2) is 0 Å². The van der Waals surface area contributed by atoms with E-state index in [-0.39, 0.29) is 12.2 Å². The lowest BCUT2D eigenvalue weighted by molar-refractivity contribution is -0.133. The summed E-state index contributed by atoms with van der Waals surface area (Å²) < 4.78 is 28.1. The molecule has 0 aromatic heterocycles. The number of carbonyl (C=O) groups is 1. The van der Waals surface area contributed by atoms with E-state index in [1.54, 1.807) is 42.5 Å². The molecule has 0 aliphatic carbocycles. The number of ether oxygens (including phenoxy) is 3. The van der Waals surface area contributed by atoms with Crippen molar-refractivity contribution < 1.29 is 23.4 Å². The maximum Gasteiger partial charge on any atom is 0.341 e.